The molecule has 0 spiro atoms. The number of ether oxygens (including phenoxy) is 1. The second-order valence-corrected chi connectivity index (χ2v) is 6.56. The number of benzene rings is 1. The Morgan fingerprint density at radius 2 is 2.24 bits per heavy atom. The smallest absolute Gasteiger partial charge is 0.321 e. The van der Waals surface area contributed by atoms with Crippen LogP contribution in [0.4, 0.5) is 0 Å². The summed E-state index contributed by atoms with van der Waals surface area (Å²) in [5, 5.41) is 11.9. The van der Waals surface area contributed by atoms with Crippen LogP contribution in [0.1, 0.15) is 11.1 Å². The summed E-state index contributed by atoms with van der Waals surface area (Å²) in [6.07, 6.45) is 0.349. The highest BCUT2D eigenvalue weighted by molar-refractivity contribution is 7.89. The van der Waals surface area contributed by atoms with Gasteiger partial charge in [0.05, 0.1) is 11.5 Å². The second kappa shape index (κ2) is 6.52. The minimum Gasteiger partial charge on any atom is -0.480 e. The van der Waals surface area contributed by atoms with Crippen LogP contribution in [0.3, 0.4) is 0 Å². The molecule has 1 aromatic rings. The van der Waals surface area contributed by atoms with E-state index in [-0.39, 0.29) is 11.4 Å². The number of carboxylic acid groups (broad SMARTS) is 1. The highest BCUT2D eigenvalue weighted by atomic mass is 32.2. The number of carboxylic acids is 1. The van der Waals surface area contributed by atoms with E-state index in [4.69, 9.17) is 9.84 Å². The Bertz CT molecular complexity index is 629. The highest BCUT2D eigenvalue weighted by Crippen LogP contribution is 2.21. The first-order valence-corrected chi connectivity index (χ1v) is 7.99. The molecule has 2 rings (SSSR count). The normalized spacial score (nSPS) is 18.2. The predicted octanol–water partition coefficient (Wildman–Crippen LogP) is -0.290. The third kappa shape index (κ3) is 3.79. The molecule has 0 unspecified atom stereocenters. The summed E-state index contributed by atoms with van der Waals surface area (Å²) in [4.78, 5) is 11.1. The van der Waals surface area contributed by atoms with Crippen molar-refractivity contribution in [3.8, 4) is 0 Å². The maximum Gasteiger partial charge on any atom is 0.321 e. The van der Waals surface area contributed by atoms with Gasteiger partial charge in [-0.15, -0.1) is 0 Å². The van der Waals surface area contributed by atoms with Gasteiger partial charge in [0.1, 0.15) is 6.04 Å². The summed E-state index contributed by atoms with van der Waals surface area (Å²) < 4.78 is 31.4. The van der Waals surface area contributed by atoms with E-state index in [0.717, 1.165) is 11.1 Å². The second-order valence-electron chi connectivity index (χ2n) is 4.80. The molecule has 7 nitrogen and oxygen atoms in total. The van der Waals surface area contributed by atoms with Gasteiger partial charge in [0.15, 0.2) is 0 Å². The standard InChI is InChI=1S/C13H18N2O5S/c1-20-5-4-15-21(18,19)11-3-2-9-7-12(13(16)17)14-8-10(9)6-11/h2-3,6,12,14-15H,4-5,7-8H2,1H3,(H,16,17)/t12-/m0/s1. The molecule has 1 heterocycles. The molecule has 0 saturated heterocycles. The Balaban J connectivity index is 2.17. The lowest BCUT2D eigenvalue weighted by Crippen LogP contribution is -2.41. The van der Waals surface area contributed by atoms with Crippen molar-refractivity contribution in [3.63, 3.8) is 0 Å². The number of rotatable bonds is 6. The summed E-state index contributed by atoms with van der Waals surface area (Å²) in [6.45, 7) is 0.842. The number of nitrogens with one attached hydrogen (secondary N) is 2. The Hall–Kier alpha value is -1.48. The summed E-state index contributed by atoms with van der Waals surface area (Å²) in [6, 6.07) is 4.13. The molecule has 0 radical (unpaired) electrons. The molecule has 0 aliphatic carbocycles. The number of fused-ring (bicyclic) bond motifs is 1. The summed E-state index contributed by atoms with van der Waals surface area (Å²) in [7, 11) is -2.07. The van der Waals surface area contributed by atoms with Gasteiger partial charge in [-0.05, 0) is 29.7 Å². The van der Waals surface area contributed by atoms with Crippen LogP contribution < -0.4 is 10.0 Å². The Kier molecular flexibility index (Phi) is 4.94. The van der Waals surface area contributed by atoms with Crippen LogP contribution in [0.2, 0.25) is 0 Å². The largest absolute Gasteiger partial charge is 0.480 e. The van der Waals surface area contributed by atoms with Crippen molar-refractivity contribution in [1.82, 2.24) is 10.0 Å². The van der Waals surface area contributed by atoms with Crippen molar-refractivity contribution in [2.45, 2.75) is 23.9 Å². The van der Waals surface area contributed by atoms with Gasteiger partial charge in [0.25, 0.3) is 0 Å². The van der Waals surface area contributed by atoms with Gasteiger partial charge in [-0.1, -0.05) is 6.07 Å². The SMILES string of the molecule is COCCNS(=O)(=O)c1ccc2c(c1)CN[C@H](C(=O)O)C2. The highest BCUT2D eigenvalue weighted by Gasteiger charge is 2.25. The van der Waals surface area contributed by atoms with E-state index in [1.807, 2.05) is 0 Å². The first-order chi connectivity index (χ1) is 9.94. The molecule has 0 bridgehead atoms. The number of carbonyl (C=O) groups is 1. The molecule has 21 heavy (non-hydrogen) atoms. The van der Waals surface area contributed by atoms with Crippen LogP contribution in [0.5, 0.6) is 0 Å². The van der Waals surface area contributed by atoms with Crippen molar-refractivity contribution in [3.05, 3.63) is 29.3 Å². The number of hydrogen-bond acceptors (Lipinski definition) is 5. The maximum absolute atomic E-state index is 12.1. The molecule has 3 N–H and O–H groups in total. The molecule has 8 heteroatoms. The zero-order chi connectivity index (χ0) is 15.5. The van der Waals surface area contributed by atoms with Crippen molar-refractivity contribution in [1.29, 1.82) is 0 Å². The molecule has 0 saturated carbocycles. The van der Waals surface area contributed by atoms with Gasteiger partial charge in [0.2, 0.25) is 10.0 Å². The minimum absolute atomic E-state index is 0.174. The van der Waals surface area contributed by atoms with Crippen LogP contribution >= 0.6 is 0 Å². The summed E-state index contributed by atoms with van der Waals surface area (Å²) >= 11 is 0. The number of hydrogen-bond donors (Lipinski definition) is 3. The van der Waals surface area contributed by atoms with Crippen LogP contribution in [0.15, 0.2) is 23.1 Å². The van der Waals surface area contributed by atoms with Crippen LogP contribution in [-0.2, 0) is 32.5 Å². The lowest BCUT2D eigenvalue weighted by atomic mass is 9.96. The van der Waals surface area contributed by atoms with Crippen molar-refractivity contribution in [2.24, 2.45) is 0 Å². The molecule has 1 aliphatic rings. The molecule has 1 atom stereocenters. The van der Waals surface area contributed by atoms with Gasteiger partial charge in [-0.3, -0.25) is 4.79 Å². The predicted molar refractivity (Wildman–Crippen MR) is 75.5 cm³/mol. The zero-order valence-electron chi connectivity index (χ0n) is 11.6. The van der Waals surface area contributed by atoms with Gasteiger partial charge >= 0.3 is 5.97 Å². The first-order valence-electron chi connectivity index (χ1n) is 6.50. The van der Waals surface area contributed by atoms with Gasteiger partial charge in [0, 0.05) is 20.2 Å². The number of sulfonamides is 1. The maximum atomic E-state index is 12.1. The molecule has 116 valence electrons. The molecular formula is C13H18N2O5S. The lowest BCUT2D eigenvalue weighted by Gasteiger charge is -2.23. The first kappa shape index (κ1) is 15.9. The number of aliphatic carboxylic acids is 1. The lowest BCUT2D eigenvalue weighted by molar-refractivity contribution is -0.139. The molecule has 1 aliphatic heterocycles. The third-order valence-corrected chi connectivity index (χ3v) is 4.81. The van der Waals surface area contributed by atoms with E-state index >= 15 is 0 Å². The van der Waals surface area contributed by atoms with Crippen LogP contribution in [0.25, 0.3) is 0 Å². The molecule has 1 aromatic carbocycles. The monoisotopic (exact) mass is 314 g/mol. The average Bonchev–Trinajstić information content (AvgIpc) is 2.46. The van der Waals surface area contributed by atoms with E-state index in [1.165, 1.54) is 13.2 Å². The summed E-state index contributed by atoms with van der Waals surface area (Å²) in [5.41, 5.74) is 1.67. The van der Waals surface area contributed by atoms with Crippen LogP contribution in [0, 0.1) is 0 Å². The van der Waals surface area contributed by atoms with Gasteiger partial charge in [-0.2, -0.15) is 0 Å². The Morgan fingerprint density at radius 3 is 2.90 bits per heavy atom. The third-order valence-electron chi connectivity index (χ3n) is 3.35. The molecule has 0 amide bonds. The van der Waals surface area contributed by atoms with E-state index < -0.39 is 22.0 Å². The van der Waals surface area contributed by atoms with E-state index in [2.05, 4.69) is 10.0 Å². The van der Waals surface area contributed by atoms with Crippen LogP contribution in [-0.4, -0.2) is 45.8 Å². The van der Waals surface area contributed by atoms with E-state index in [1.54, 1.807) is 12.1 Å². The van der Waals surface area contributed by atoms with Crippen molar-refractivity contribution in [2.75, 3.05) is 20.3 Å². The molecule has 0 aromatic heterocycles. The Morgan fingerprint density at radius 1 is 1.48 bits per heavy atom. The van der Waals surface area contributed by atoms with E-state index in [0.29, 0.717) is 19.6 Å². The summed E-state index contributed by atoms with van der Waals surface area (Å²) in [5.74, 6) is -0.904. The quantitative estimate of drug-likeness (QED) is 0.623. The fourth-order valence-electron chi connectivity index (χ4n) is 2.19. The fraction of sp³-hybridized carbons (Fsp3) is 0.462. The van der Waals surface area contributed by atoms with Crippen molar-refractivity contribution < 1.29 is 23.1 Å². The molecule has 0 fully saturated rings. The van der Waals surface area contributed by atoms with E-state index in [9.17, 15) is 13.2 Å². The number of methoxy groups -OCH3 is 1. The zero-order valence-corrected chi connectivity index (χ0v) is 12.4. The van der Waals surface area contributed by atoms with Gasteiger partial charge in [-0.25, -0.2) is 13.1 Å². The Labute approximate surface area is 123 Å². The average molecular weight is 314 g/mol. The minimum atomic E-state index is -3.57. The molecular weight excluding hydrogens is 296 g/mol. The topological polar surface area (TPSA) is 105 Å². The fourth-order valence-corrected chi connectivity index (χ4v) is 3.26. The van der Waals surface area contributed by atoms with Crippen molar-refractivity contribution >= 4 is 16.0 Å². The van der Waals surface area contributed by atoms with Gasteiger partial charge < -0.3 is 15.2 Å².